The molecule has 0 unspecified atom stereocenters. The Kier molecular flexibility index (Phi) is 3.43. The number of nitrogens with two attached hydrogens (primary N) is 2. The number of anilines is 2. The summed E-state index contributed by atoms with van der Waals surface area (Å²) in [6.45, 7) is 0. The highest BCUT2D eigenvalue weighted by molar-refractivity contribution is 7.99. The van der Waals surface area contributed by atoms with Gasteiger partial charge in [-0.25, -0.2) is 4.79 Å². The van der Waals surface area contributed by atoms with E-state index in [1.165, 1.54) is 11.8 Å². The molecule has 0 aliphatic rings. The normalized spacial score (nSPS) is 10.2. The number of carboxylic acid groups (broad SMARTS) is 1. The van der Waals surface area contributed by atoms with Crippen LogP contribution < -0.4 is 11.5 Å². The van der Waals surface area contributed by atoms with Crippen LogP contribution >= 0.6 is 11.8 Å². The summed E-state index contributed by atoms with van der Waals surface area (Å²) in [7, 11) is 0. The molecule has 0 spiro atoms. The Labute approximate surface area is 109 Å². The van der Waals surface area contributed by atoms with E-state index in [0.717, 1.165) is 4.90 Å². The van der Waals surface area contributed by atoms with E-state index in [1.807, 2.05) is 0 Å². The van der Waals surface area contributed by atoms with Crippen molar-refractivity contribution in [3.63, 3.8) is 0 Å². The minimum atomic E-state index is -0.952. The molecule has 0 heterocycles. The maximum Gasteiger partial charge on any atom is 0.336 e. The quantitative estimate of drug-likeness (QED) is 0.738. The Morgan fingerprint density at radius 2 is 1.78 bits per heavy atom. The van der Waals surface area contributed by atoms with Gasteiger partial charge in [0.15, 0.2) is 0 Å². The van der Waals surface area contributed by atoms with Crippen molar-refractivity contribution in [2.45, 2.75) is 9.79 Å². The number of hydrogen-bond donors (Lipinski definition) is 3. The van der Waals surface area contributed by atoms with Crippen LogP contribution in [0.15, 0.2) is 52.3 Å². The Balaban J connectivity index is 2.37. The van der Waals surface area contributed by atoms with Gasteiger partial charge in [0.05, 0.1) is 5.56 Å². The van der Waals surface area contributed by atoms with Crippen molar-refractivity contribution in [3.05, 3.63) is 48.0 Å². The zero-order valence-corrected chi connectivity index (χ0v) is 10.3. The van der Waals surface area contributed by atoms with Gasteiger partial charge in [0.2, 0.25) is 0 Å². The van der Waals surface area contributed by atoms with Crippen molar-refractivity contribution in [1.82, 2.24) is 0 Å². The molecule has 0 radical (unpaired) electrons. The molecular weight excluding hydrogens is 248 g/mol. The van der Waals surface area contributed by atoms with Crippen LogP contribution in [-0.2, 0) is 0 Å². The second-order valence-electron chi connectivity index (χ2n) is 3.70. The average Bonchev–Trinajstić information content (AvgIpc) is 2.33. The standard InChI is InChI=1S/C13H12N2O2S/c14-8-5-6-12(10(15)7-8)18-11-4-2-1-3-9(11)13(16)17/h1-7H,14-15H2,(H,16,17). The number of carbonyl (C=O) groups is 1. The fourth-order valence-electron chi connectivity index (χ4n) is 1.51. The molecule has 0 bridgehead atoms. The van der Waals surface area contributed by atoms with E-state index in [-0.39, 0.29) is 5.56 Å². The van der Waals surface area contributed by atoms with E-state index in [2.05, 4.69) is 0 Å². The lowest BCUT2D eigenvalue weighted by molar-refractivity contribution is 0.0693. The van der Waals surface area contributed by atoms with Gasteiger partial charge in [-0.3, -0.25) is 0 Å². The molecule has 2 rings (SSSR count). The third-order valence-corrected chi connectivity index (χ3v) is 3.54. The molecule has 4 nitrogen and oxygen atoms in total. The summed E-state index contributed by atoms with van der Waals surface area (Å²) in [5.74, 6) is -0.952. The molecule has 0 saturated heterocycles. The van der Waals surface area contributed by atoms with E-state index < -0.39 is 5.97 Å². The lowest BCUT2D eigenvalue weighted by Gasteiger charge is -2.08. The molecule has 92 valence electrons. The van der Waals surface area contributed by atoms with Crippen molar-refractivity contribution in [1.29, 1.82) is 0 Å². The van der Waals surface area contributed by atoms with E-state index in [0.29, 0.717) is 16.3 Å². The first-order valence-electron chi connectivity index (χ1n) is 5.23. The second-order valence-corrected chi connectivity index (χ2v) is 4.78. The molecule has 18 heavy (non-hydrogen) atoms. The number of rotatable bonds is 3. The monoisotopic (exact) mass is 260 g/mol. The summed E-state index contributed by atoms with van der Waals surface area (Å²) < 4.78 is 0. The predicted octanol–water partition coefficient (Wildman–Crippen LogP) is 2.70. The summed E-state index contributed by atoms with van der Waals surface area (Å²) >= 11 is 1.32. The van der Waals surface area contributed by atoms with E-state index in [9.17, 15) is 4.79 Å². The van der Waals surface area contributed by atoms with Crippen molar-refractivity contribution >= 4 is 29.1 Å². The van der Waals surface area contributed by atoms with Gasteiger partial charge < -0.3 is 16.6 Å². The van der Waals surface area contributed by atoms with Crippen LogP contribution in [0.5, 0.6) is 0 Å². The fraction of sp³-hybridized carbons (Fsp3) is 0. The van der Waals surface area contributed by atoms with Crippen LogP contribution in [0.25, 0.3) is 0 Å². The maximum atomic E-state index is 11.1. The first-order valence-corrected chi connectivity index (χ1v) is 6.05. The smallest absolute Gasteiger partial charge is 0.336 e. The third-order valence-electron chi connectivity index (χ3n) is 2.37. The first-order chi connectivity index (χ1) is 8.58. The van der Waals surface area contributed by atoms with E-state index >= 15 is 0 Å². The minimum absolute atomic E-state index is 0.263. The molecule has 5 N–H and O–H groups in total. The summed E-state index contributed by atoms with van der Waals surface area (Å²) in [5, 5.41) is 9.09. The van der Waals surface area contributed by atoms with Crippen LogP contribution in [0.3, 0.4) is 0 Å². The molecule has 0 fully saturated rings. The Bertz CT molecular complexity index is 599. The fourth-order valence-corrected chi connectivity index (χ4v) is 2.47. The van der Waals surface area contributed by atoms with Crippen LogP contribution in [0.4, 0.5) is 11.4 Å². The molecule has 2 aromatic rings. The Hall–Kier alpha value is -2.14. The molecule has 0 atom stereocenters. The molecule has 0 amide bonds. The molecule has 0 aliphatic carbocycles. The molecule has 0 aromatic heterocycles. The third kappa shape index (κ3) is 2.57. The number of carboxylic acids is 1. The number of hydrogen-bond acceptors (Lipinski definition) is 4. The van der Waals surface area contributed by atoms with Gasteiger partial charge in [0, 0.05) is 21.2 Å². The largest absolute Gasteiger partial charge is 0.478 e. The van der Waals surface area contributed by atoms with Crippen LogP contribution in [-0.4, -0.2) is 11.1 Å². The Morgan fingerprint density at radius 1 is 1.06 bits per heavy atom. The van der Waals surface area contributed by atoms with E-state index in [1.54, 1.807) is 42.5 Å². The van der Waals surface area contributed by atoms with Crippen LogP contribution in [0, 0.1) is 0 Å². The van der Waals surface area contributed by atoms with Gasteiger partial charge >= 0.3 is 5.97 Å². The van der Waals surface area contributed by atoms with Crippen molar-refractivity contribution in [2.24, 2.45) is 0 Å². The van der Waals surface area contributed by atoms with Gasteiger partial charge in [-0.15, -0.1) is 0 Å². The number of nitrogen functional groups attached to an aromatic ring is 2. The molecule has 0 saturated carbocycles. The average molecular weight is 260 g/mol. The summed E-state index contributed by atoms with van der Waals surface area (Å²) in [6, 6.07) is 12.0. The molecule has 0 aliphatic heterocycles. The SMILES string of the molecule is Nc1ccc(Sc2ccccc2C(=O)O)c(N)c1. The summed E-state index contributed by atoms with van der Waals surface area (Å²) in [4.78, 5) is 12.5. The van der Waals surface area contributed by atoms with Gasteiger partial charge in [-0.05, 0) is 30.3 Å². The lowest BCUT2D eigenvalue weighted by atomic mass is 10.2. The van der Waals surface area contributed by atoms with Gasteiger partial charge in [-0.2, -0.15) is 0 Å². The second kappa shape index (κ2) is 5.01. The van der Waals surface area contributed by atoms with Crippen molar-refractivity contribution < 1.29 is 9.90 Å². The zero-order valence-electron chi connectivity index (χ0n) is 9.46. The maximum absolute atomic E-state index is 11.1. The highest BCUT2D eigenvalue weighted by atomic mass is 32.2. The lowest BCUT2D eigenvalue weighted by Crippen LogP contribution is -1.98. The van der Waals surface area contributed by atoms with Crippen molar-refractivity contribution in [3.8, 4) is 0 Å². The zero-order chi connectivity index (χ0) is 13.1. The first kappa shape index (κ1) is 12.3. The predicted molar refractivity (Wildman–Crippen MR) is 72.8 cm³/mol. The van der Waals surface area contributed by atoms with Gasteiger partial charge in [0.1, 0.15) is 0 Å². The summed E-state index contributed by atoms with van der Waals surface area (Å²) in [5.41, 5.74) is 12.9. The Morgan fingerprint density at radius 3 is 2.44 bits per heavy atom. The number of aromatic carboxylic acids is 1. The minimum Gasteiger partial charge on any atom is -0.478 e. The van der Waals surface area contributed by atoms with Gasteiger partial charge in [0.25, 0.3) is 0 Å². The summed E-state index contributed by atoms with van der Waals surface area (Å²) in [6.07, 6.45) is 0. The highest BCUT2D eigenvalue weighted by Crippen LogP contribution is 2.34. The van der Waals surface area contributed by atoms with Gasteiger partial charge in [-0.1, -0.05) is 23.9 Å². The molecule has 2 aromatic carbocycles. The molecule has 5 heteroatoms. The van der Waals surface area contributed by atoms with Crippen molar-refractivity contribution in [2.75, 3.05) is 11.5 Å². The number of benzene rings is 2. The van der Waals surface area contributed by atoms with Crippen LogP contribution in [0.1, 0.15) is 10.4 Å². The molecular formula is C13H12N2O2S. The highest BCUT2D eigenvalue weighted by Gasteiger charge is 2.11. The van der Waals surface area contributed by atoms with Crippen LogP contribution in [0.2, 0.25) is 0 Å². The topological polar surface area (TPSA) is 89.3 Å². The van der Waals surface area contributed by atoms with E-state index in [4.69, 9.17) is 16.6 Å².